The number of thioether (sulfide) groups is 1. The maximum Gasteiger partial charge on any atom is 0.252 e. The molecule has 2 aromatic carbocycles. The molecule has 1 atom stereocenters. The van der Waals surface area contributed by atoms with Crippen molar-refractivity contribution in [2.24, 2.45) is 0 Å². The number of unbranched alkanes of at least 4 members (excludes halogenated alkanes) is 3. The lowest BCUT2D eigenvalue weighted by Crippen LogP contribution is -2.28. The molecular weight excluding hydrogens is 354 g/mol. The molecule has 140 valence electrons. The molecule has 0 N–H and O–H groups in total. The van der Waals surface area contributed by atoms with E-state index in [9.17, 15) is 4.79 Å². The smallest absolute Gasteiger partial charge is 0.252 e. The Bertz CT molecular complexity index is 963. The first-order chi connectivity index (χ1) is 13.1. The number of aromatic nitrogens is 1. The van der Waals surface area contributed by atoms with E-state index in [0.717, 1.165) is 40.3 Å². The van der Waals surface area contributed by atoms with Crippen molar-refractivity contribution in [1.82, 2.24) is 4.57 Å². The summed E-state index contributed by atoms with van der Waals surface area (Å²) in [6.07, 6.45) is 4.79. The number of ether oxygens (including phenoxy) is 1. The van der Waals surface area contributed by atoms with Crippen molar-refractivity contribution in [2.45, 2.75) is 49.3 Å². The van der Waals surface area contributed by atoms with E-state index in [1.165, 1.54) is 19.3 Å². The highest BCUT2D eigenvalue weighted by Crippen LogP contribution is 2.50. The SMILES string of the molecule is CCCCCCOc1ccc2c(c1)cc1n2C(=O)C(C)(c2ccccc2)S1. The molecule has 3 aromatic rings. The zero-order chi connectivity index (χ0) is 18.9. The van der Waals surface area contributed by atoms with Gasteiger partial charge in [-0.2, -0.15) is 0 Å². The van der Waals surface area contributed by atoms with Gasteiger partial charge in [0.25, 0.3) is 5.91 Å². The molecule has 0 saturated carbocycles. The molecule has 0 bridgehead atoms. The lowest BCUT2D eigenvalue weighted by molar-refractivity contribution is 0.0875. The van der Waals surface area contributed by atoms with Crippen molar-refractivity contribution >= 4 is 28.6 Å². The topological polar surface area (TPSA) is 31.2 Å². The summed E-state index contributed by atoms with van der Waals surface area (Å²) in [5.74, 6) is 1.00. The standard InChI is InChI=1S/C23H25NO2S/c1-3-4-5-9-14-26-19-12-13-20-17(15-19)16-21-24(20)22(25)23(2,27-21)18-10-7-6-8-11-18/h6-8,10-13,15-16H,3-5,9,14H2,1-2H3. The summed E-state index contributed by atoms with van der Waals surface area (Å²) in [6, 6.07) is 18.2. The summed E-state index contributed by atoms with van der Waals surface area (Å²) in [4.78, 5) is 13.3. The number of fused-ring (bicyclic) bond motifs is 3. The summed E-state index contributed by atoms with van der Waals surface area (Å²) < 4.78 is 7.19. The molecule has 1 aromatic heterocycles. The van der Waals surface area contributed by atoms with Crippen LogP contribution in [0.3, 0.4) is 0 Å². The van der Waals surface area contributed by atoms with Gasteiger partial charge in [0.1, 0.15) is 10.5 Å². The fourth-order valence-corrected chi connectivity index (χ4v) is 4.98. The molecule has 1 aliphatic rings. The van der Waals surface area contributed by atoms with Crippen LogP contribution in [0.1, 0.15) is 49.9 Å². The molecule has 1 aliphatic heterocycles. The molecule has 0 aliphatic carbocycles. The molecular formula is C23H25NO2S. The van der Waals surface area contributed by atoms with Gasteiger partial charge in [-0.3, -0.25) is 9.36 Å². The van der Waals surface area contributed by atoms with Crippen molar-refractivity contribution in [3.8, 4) is 5.75 Å². The van der Waals surface area contributed by atoms with Crippen LogP contribution in [-0.4, -0.2) is 17.1 Å². The molecule has 0 spiro atoms. The van der Waals surface area contributed by atoms with E-state index in [2.05, 4.69) is 13.0 Å². The number of rotatable bonds is 7. The van der Waals surface area contributed by atoms with E-state index >= 15 is 0 Å². The molecule has 0 radical (unpaired) electrons. The zero-order valence-corrected chi connectivity index (χ0v) is 16.7. The average molecular weight is 380 g/mol. The maximum atomic E-state index is 13.3. The Hall–Kier alpha value is -2.20. The molecule has 0 amide bonds. The van der Waals surface area contributed by atoms with Gasteiger partial charge < -0.3 is 4.74 Å². The second-order valence-corrected chi connectivity index (χ2v) is 8.69. The second kappa shape index (κ2) is 7.43. The minimum atomic E-state index is -0.570. The molecule has 4 heteroatoms. The highest BCUT2D eigenvalue weighted by Gasteiger charge is 2.45. The minimum absolute atomic E-state index is 0.122. The number of benzene rings is 2. The van der Waals surface area contributed by atoms with E-state index < -0.39 is 4.75 Å². The first-order valence-corrected chi connectivity index (χ1v) is 10.5. The van der Waals surface area contributed by atoms with Gasteiger partial charge in [-0.05, 0) is 43.2 Å². The maximum absolute atomic E-state index is 13.3. The zero-order valence-electron chi connectivity index (χ0n) is 15.9. The normalized spacial score (nSPS) is 18.8. The van der Waals surface area contributed by atoms with Crippen LogP contribution in [0.15, 0.2) is 59.6 Å². The van der Waals surface area contributed by atoms with Gasteiger partial charge in [0.05, 0.1) is 17.1 Å². The van der Waals surface area contributed by atoms with Crippen LogP contribution >= 0.6 is 11.8 Å². The second-order valence-electron chi connectivity index (χ2n) is 7.25. The lowest BCUT2D eigenvalue weighted by atomic mass is 9.99. The summed E-state index contributed by atoms with van der Waals surface area (Å²) in [5.41, 5.74) is 2.00. The quantitative estimate of drug-likeness (QED) is 0.454. The number of hydrogen-bond donors (Lipinski definition) is 0. The van der Waals surface area contributed by atoms with Crippen LogP contribution in [0.25, 0.3) is 10.9 Å². The molecule has 0 saturated heterocycles. The van der Waals surface area contributed by atoms with Crippen LogP contribution in [0.4, 0.5) is 0 Å². The number of nitrogens with zero attached hydrogens (tertiary/aromatic N) is 1. The minimum Gasteiger partial charge on any atom is -0.494 e. The van der Waals surface area contributed by atoms with Crippen molar-refractivity contribution in [1.29, 1.82) is 0 Å². The Morgan fingerprint density at radius 3 is 2.63 bits per heavy atom. The van der Waals surface area contributed by atoms with Crippen LogP contribution in [-0.2, 0) is 4.75 Å². The van der Waals surface area contributed by atoms with Crippen LogP contribution in [0, 0.1) is 0 Å². The van der Waals surface area contributed by atoms with Gasteiger partial charge in [0, 0.05) is 5.39 Å². The Morgan fingerprint density at radius 1 is 1.04 bits per heavy atom. The fourth-order valence-electron chi connectivity index (χ4n) is 3.67. The Balaban J connectivity index is 1.56. The van der Waals surface area contributed by atoms with Crippen LogP contribution in [0.5, 0.6) is 5.75 Å². The van der Waals surface area contributed by atoms with Crippen molar-refractivity contribution < 1.29 is 9.53 Å². The molecule has 27 heavy (non-hydrogen) atoms. The Morgan fingerprint density at radius 2 is 1.85 bits per heavy atom. The monoisotopic (exact) mass is 379 g/mol. The van der Waals surface area contributed by atoms with Gasteiger partial charge in [0.15, 0.2) is 0 Å². The highest BCUT2D eigenvalue weighted by molar-refractivity contribution is 8.01. The number of hydrogen-bond acceptors (Lipinski definition) is 3. The van der Waals surface area contributed by atoms with Crippen molar-refractivity contribution in [2.75, 3.05) is 6.61 Å². The first-order valence-electron chi connectivity index (χ1n) is 9.71. The third-order valence-electron chi connectivity index (χ3n) is 5.25. The summed E-state index contributed by atoms with van der Waals surface area (Å²) in [7, 11) is 0. The van der Waals surface area contributed by atoms with Crippen molar-refractivity contribution in [3.05, 3.63) is 60.2 Å². The summed E-state index contributed by atoms with van der Waals surface area (Å²) in [6.45, 7) is 4.98. The predicted octanol–water partition coefficient (Wildman–Crippen LogP) is 6.26. The Labute approximate surface area is 164 Å². The number of carbonyl (C=O) groups is 1. The molecule has 0 fully saturated rings. The van der Waals surface area contributed by atoms with Gasteiger partial charge in [0.2, 0.25) is 0 Å². The van der Waals surface area contributed by atoms with E-state index in [0.29, 0.717) is 0 Å². The van der Waals surface area contributed by atoms with E-state index in [-0.39, 0.29) is 5.91 Å². The van der Waals surface area contributed by atoms with E-state index in [1.807, 2.05) is 60.0 Å². The fraction of sp³-hybridized carbons (Fsp3) is 0.348. The van der Waals surface area contributed by atoms with E-state index in [1.54, 1.807) is 11.8 Å². The third-order valence-corrected chi connectivity index (χ3v) is 6.58. The number of carbonyl (C=O) groups excluding carboxylic acids is 1. The van der Waals surface area contributed by atoms with Gasteiger partial charge in [-0.15, -0.1) is 0 Å². The van der Waals surface area contributed by atoms with Crippen molar-refractivity contribution in [3.63, 3.8) is 0 Å². The van der Waals surface area contributed by atoms with Gasteiger partial charge in [-0.1, -0.05) is 68.3 Å². The predicted molar refractivity (Wildman–Crippen MR) is 112 cm³/mol. The summed E-state index contributed by atoms with van der Waals surface area (Å²) >= 11 is 1.63. The largest absolute Gasteiger partial charge is 0.494 e. The molecule has 2 heterocycles. The third kappa shape index (κ3) is 3.27. The van der Waals surface area contributed by atoms with Gasteiger partial charge >= 0.3 is 0 Å². The van der Waals surface area contributed by atoms with Crippen LogP contribution < -0.4 is 4.74 Å². The highest BCUT2D eigenvalue weighted by atomic mass is 32.2. The summed E-state index contributed by atoms with van der Waals surface area (Å²) in [5, 5.41) is 2.06. The first kappa shape index (κ1) is 18.2. The average Bonchev–Trinajstić information content (AvgIpc) is 3.16. The van der Waals surface area contributed by atoms with Gasteiger partial charge in [-0.25, -0.2) is 0 Å². The molecule has 1 unspecified atom stereocenters. The molecule has 4 rings (SSSR count). The Kier molecular flexibility index (Phi) is 5.00. The molecule has 3 nitrogen and oxygen atoms in total. The van der Waals surface area contributed by atoms with E-state index in [4.69, 9.17) is 4.74 Å². The van der Waals surface area contributed by atoms with Crippen LogP contribution in [0.2, 0.25) is 0 Å². The lowest BCUT2D eigenvalue weighted by Gasteiger charge is -2.21.